The Hall–Kier alpha value is -6.82. The normalized spacial score (nSPS) is 11.6. The van der Waals surface area contributed by atoms with Crippen LogP contribution >= 0.6 is 0 Å². The molecule has 0 fully saturated rings. The van der Waals surface area contributed by atoms with Crippen molar-refractivity contribution < 1.29 is 35.4 Å². The number of hydrogen-bond acceptors (Lipinski definition) is 18. The summed E-state index contributed by atoms with van der Waals surface area (Å²) in [5, 5.41) is 18.1. The lowest BCUT2D eigenvalue weighted by atomic mass is 10.1. The zero-order chi connectivity index (χ0) is 42.5. The number of hydrogen-bond donors (Lipinski definition) is 8. The first-order valence-electron chi connectivity index (χ1n) is 17.9. The van der Waals surface area contributed by atoms with Crippen LogP contribution < -0.4 is 31.9 Å². The molecule has 4 aromatic carbocycles. The van der Waals surface area contributed by atoms with Crippen LogP contribution in [0.5, 0.6) is 0 Å². The van der Waals surface area contributed by atoms with Gasteiger partial charge in [0.1, 0.15) is 9.79 Å². The lowest BCUT2D eigenvalue weighted by molar-refractivity contribution is 0.210. The van der Waals surface area contributed by atoms with Crippen molar-refractivity contribution in [3.05, 3.63) is 108 Å². The fraction of sp³-hybridized carbons (Fsp3) is 0.158. The fourth-order valence-electron chi connectivity index (χ4n) is 5.35. The fourth-order valence-corrected chi connectivity index (χ4v) is 6.77. The third-order valence-electron chi connectivity index (χ3n) is 8.05. The number of ether oxygens (including phenoxy) is 2. The molecular weight excluding hydrogens is 817 g/mol. The van der Waals surface area contributed by atoms with Crippen molar-refractivity contribution >= 4 is 90.8 Å². The minimum atomic E-state index is -4.84. The van der Waals surface area contributed by atoms with Crippen molar-refractivity contribution in [3.63, 3.8) is 0 Å². The van der Waals surface area contributed by atoms with E-state index in [2.05, 4.69) is 61.8 Å². The molecule has 2 heterocycles. The number of methoxy groups -OCH3 is 2. The summed E-state index contributed by atoms with van der Waals surface area (Å²) in [7, 11) is -6.57. The van der Waals surface area contributed by atoms with Gasteiger partial charge in [-0.3, -0.25) is 9.11 Å². The predicted octanol–water partition coefficient (Wildman–Crippen LogP) is 5.81. The molecule has 0 aliphatic heterocycles. The first-order valence-corrected chi connectivity index (χ1v) is 20.8. The van der Waals surface area contributed by atoms with E-state index in [4.69, 9.17) is 9.47 Å². The van der Waals surface area contributed by atoms with E-state index in [1.807, 2.05) is 60.7 Å². The molecule has 6 aromatic rings. The van der Waals surface area contributed by atoms with Gasteiger partial charge in [0.05, 0.1) is 13.2 Å². The predicted molar refractivity (Wildman–Crippen MR) is 228 cm³/mol. The van der Waals surface area contributed by atoms with Crippen LogP contribution in [0.4, 0.5) is 58.4 Å². The zero-order valence-electron chi connectivity index (χ0n) is 32.1. The molecule has 8 N–H and O–H groups in total. The molecule has 0 radical (unpaired) electrons. The summed E-state index contributed by atoms with van der Waals surface area (Å²) in [6.07, 6.45) is 2.55. The van der Waals surface area contributed by atoms with Gasteiger partial charge in [-0.15, -0.1) is 0 Å². The highest BCUT2D eigenvalue weighted by Gasteiger charge is 2.19. The van der Waals surface area contributed by atoms with Crippen molar-refractivity contribution in [2.45, 2.75) is 9.79 Å². The maximum Gasteiger partial charge on any atom is 0.295 e. The number of benzene rings is 4. The summed E-state index contributed by atoms with van der Waals surface area (Å²) < 4.78 is 81.2. The van der Waals surface area contributed by atoms with Gasteiger partial charge in [0.25, 0.3) is 20.2 Å². The SMILES string of the molecule is COCCNc1nc(Nc2ccccc2)nc(Nc2ccc(C=Cc3ccc(Nc4nc(NCCOC)nc(Nc5ccccc5)n4)cc3S(=O)(=O)O)c(S(=O)(=O)O)c2)n1. The van der Waals surface area contributed by atoms with Gasteiger partial charge in [0.15, 0.2) is 0 Å². The molecule has 0 aliphatic carbocycles. The third-order valence-corrected chi connectivity index (χ3v) is 9.87. The molecule has 60 heavy (non-hydrogen) atoms. The summed E-state index contributed by atoms with van der Waals surface area (Å²) in [6, 6.07) is 26.4. The van der Waals surface area contributed by atoms with Crippen molar-refractivity contribution in [1.82, 2.24) is 29.9 Å². The summed E-state index contributed by atoms with van der Waals surface area (Å²) in [5.41, 5.74) is 1.77. The van der Waals surface area contributed by atoms with Gasteiger partial charge in [-0.2, -0.15) is 46.7 Å². The summed E-state index contributed by atoms with van der Waals surface area (Å²) in [5.74, 6) is 0.846. The van der Waals surface area contributed by atoms with Crippen molar-refractivity contribution in [3.8, 4) is 0 Å². The monoisotopic (exact) mass is 856 g/mol. The molecule has 0 amide bonds. The molecular formula is C38H40N12O8S2. The summed E-state index contributed by atoms with van der Waals surface area (Å²) in [4.78, 5) is 25.3. The van der Waals surface area contributed by atoms with Crippen LogP contribution in [0.25, 0.3) is 12.2 Å². The summed E-state index contributed by atoms with van der Waals surface area (Å²) in [6.45, 7) is 1.52. The van der Waals surface area contributed by atoms with Gasteiger partial charge in [-0.25, -0.2) is 0 Å². The van der Waals surface area contributed by atoms with Crippen LogP contribution in [-0.2, 0) is 29.7 Å². The molecule has 20 nitrogen and oxygen atoms in total. The van der Waals surface area contributed by atoms with Crippen LogP contribution in [0.2, 0.25) is 0 Å². The molecule has 0 spiro atoms. The van der Waals surface area contributed by atoms with Gasteiger partial charge < -0.3 is 41.4 Å². The number of aromatic nitrogens is 6. The largest absolute Gasteiger partial charge is 0.383 e. The standard InChI is InChI=1S/C38H40N12O8S2/c1-57-21-19-39-33-45-35(41-27-9-5-3-6-10-27)49-37(47-33)43-29-17-15-25(31(23-29)59(51,52)53)13-14-26-16-18-30(24-32(26)60(54,55)56)44-38-48-34(40-20-22-58-2)46-36(50-38)42-28-11-7-4-8-12-28/h3-18,23-24H,19-22H2,1-2H3,(H,51,52,53)(H,54,55,56)(H3,39,41,43,45,47,49)(H3,40,42,44,46,48,50). The second-order valence-corrected chi connectivity index (χ2v) is 15.3. The van der Waals surface area contributed by atoms with Crippen molar-refractivity contribution in [2.75, 3.05) is 72.4 Å². The third kappa shape index (κ3) is 12.3. The van der Waals surface area contributed by atoms with Crippen molar-refractivity contribution in [1.29, 1.82) is 0 Å². The molecule has 2 aromatic heterocycles. The molecule has 6 rings (SSSR count). The lowest BCUT2D eigenvalue weighted by Gasteiger charge is -2.13. The molecule has 0 bridgehead atoms. The smallest absolute Gasteiger partial charge is 0.295 e. The Balaban J connectivity index is 1.26. The van der Waals surface area contributed by atoms with Gasteiger partial charge in [0.2, 0.25) is 35.7 Å². The van der Waals surface area contributed by atoms with Crippen LogP contribution in [0, 0.1) is 0 Å². The Morgan fingerprint density at radius 2 is 0.817 bits per heavy atom. The molecule has 0 atom stereocenters. The maximum atomic E-state index is 12.6. The minimum Gasteiger partial charge on any atom is -0.383 e. The van der Waals surface area contributed by atoms with Gasteiger partial charge in [0, 0.05) is 50.1 Å². The second-order valence-electron chi connectivity index (χ2n) is 12.5. The Morgan fingerprint density at radius 1 is 0.483 bits per heavy atom. The van der Waals surface area contributed by atoms with Crippen LogP contribution in [0.15, 0.2) is 107 Å². The quantitative estimate of drug-likeness (QED) is 0.0255. The highest BCUT2D eigenvalue weighted by Crippen LogP contribution is 2.29. The number of para-hydroxylation sites is 2. The highest BCUT2D eigenvalue weighted by atomic mass is 32.2. The van der Waals surface area contributed by atoms with Crippen LogP contribution in [0.1, 0.15) is 11.1 Å². The topological polar surface area (TPSA) is 277 Å². The Morgan fingerprint density at radius 3 is 1.15 bits per heavy atom. The first-order chi connectivity index (χ1) is 28.9. The molecule has 22 heteroatoms. The van der Waals surface area contributed by atoms with Gasteiger partial charge in [-0.1, -0.05) is 60.7 Å². The van der Waals surface area contributed by atoms with Crippen molar-refractivity contribution in [2.24, 2.45) is 0 Å². The van der Waals surface area contributed by atoms with E-state index in [9.17, 15) is 25.9 Å². The Labute approximate surface area is 345 Å². The van der Waals surface area contributed by atoms with Crippen LogP contribution in [0.3, 0.4) is 0 Å². The second kappa shape index (κ2) is 19.8. The number of rotatable bonds is 20. The first kappa shape index (κ1) is 42.8. The Kier molecular flexibility index (Phi) is 14.1. The highest BCUT2D eigenvalue weighted by molar-refractivity contribution is 7.86. The molecule has 0 unspecified atom stereocenters. The zero-order valence-corrected chi connectivity index (χ0v) is 33.7. The van der Waals surface area contributed by atoms with Crippen LogP contribution in [-0.4, -0.2) is 96.4 Å². The molecule has 0 saturated heterocycles. The molecule has 0 saturated carbocycles. The minimum absolute atomic E-state index is 0.00678. The molecule has 312 valence electrons. The average molecular weight is 857 g/mol. The van der Waals surface area contributed by atoms with Gasteiger partial charge in [-0.05, 0) is 59.7 Å². The van der Waals surface area contributed by atoms with E-state index in [-0.39, 0.29) is 58.2 Å². The van der Waals surface area contributed by atoms with E-state index in [0.717, 1.165) is 12.1 Å². The van der Waals surface area contributed by atoms with Gasteiger partial charge >= 0.3 is 0 Å². The Bertz CT molecular complexity index is 2480. The van der Waals surface area contributed by atoms with E-state index in [1.165, 1.54) is 36.4 Å². The van der Waals surface area contributed by atoms with E-state index >= 15 is 0 Å². The number of nitrogens with zero attached hydrogens (tertiary/aromatic N) is 6. The average Bonchev–Trinajstić information content (AvgIpc) is 3.21. The maximum absolute atomic E-state index is 12.6. The number of nitrogens with one attached hydrogen (secondary N) is 6. The van der Waals surface area contributed by atoms with E-state index < -0.39 is 30.0 Å². The summed E-state index contributed by atoms with van der Waals surface area (Å²) >= 11 is 0. The molecule has 0 aliphatic rings. The number of anilines is 10. The van der Waals surface area contributed by atoms with E-state index in [1.54, 1.807) is 14.2 Å². The van der Waals surface area contributed by atoms with E-state index in [0.29, 0.717) is 37.7 Å². The lowest BCUT2D eigenvalue weighted by Crippen LogP contribution is -2.13.